The van der Waals surface area contributed by atoms with Crippen LogP contribution in [0.4, 0.5) is 18.9 Å². The van der Waals surface area contributed by atoms with Crippen LogP contribution in [-0.4, -0.2) is 54.8 Å². The summed E-state index contributed by atoms with van der Waals surface area (Å²) in [7, 11) is 1.85. The van der Waals surface area contributed by atoms with Crippen LogP contribution in [0.5, 0.6) is 5.75 Å². The normalized spacial score (nSPS) is 22.2. The largest absolute Gasteiger partial charge is 0.522 e. The van der Waals surface area contributed by atoms with Crippen molar-refractivity contribution in [3.05, 3.63) is 41.6 Å². The number of anilines is 1. The van der Waals surface area contributed by atoms with E-state index in [1.165, 1.54) is 0 Å². The van der Waals surface area contributed by atoms with Gasteiger partial charge in [-0.05, 0) is 37.5 Å². The topological polar surface area (TPSA) is 89.7 Å². The molecule has 1 fully saturated rings. The monoisotopic (exact) mass is 486 g/mol. The molecular formula is C21H22ClF3N4O4. The van der Waals surface area contributed by atoms with Crippen molar-refractivity contribution in [3.8, 4) is 5.75 Å². The Morgan fingerprint density at radius 2 is 2.12 bits per heavy atom. The van der Waals surface area contributed by atoms with E-state index >= 15 is 0 Å². The lowest BCUT2D eigenvalue weighted by Crippen LogP contribution is -2.48. The molecule has 1 amide bonds. The minimum absolute atomic E-state index is 0.162. The smallest absolute Gasteiger partial charge is 0.477 e. The van der Waals surface area contributed by atoms with Crippen molar-refractivity contribution in [1.82, 2.24) is 15.5 Å². The number of alkyl halides is 3. The number of nitrogens with zero attached hydrogens (tertiary/aromatic N) is 3. The van der Waals surface area contributed by atoms with Crippen LogP contribution in [0.1, 0.15) is 37.0 Å². The summed E-state index contributed by atoms with van der Waals surface area (Å²) >= 11 is 6.02. The fourth-order valence-electron chi connectivity index (χ4n) is 3.71. The Morgan fingerprint density at radius 3 is 2.85 bits per heavy atom. The number of likely N-dealkylation sites (N-methyl/N-ethyl adjacent to an activating group) is 1. The number of aromatic nitrogens is 2. The summed E-state index contributed by atoms with van der Waals surface area (Å²) in [5.41, 5.74) is 1.33. The van der Waals surface area contributed by atoms with Crippen LogP contribution in [0, 0.1) is 0 Å². The van der Waals surface area contributed by atoms with Crippen LogP contribution in [-0.2, 0) is 9.53 Å². The van der Waals surface area contributed by atoms with E-state index in [1.807, 2.05) is 11.9 Å². The first-order valence-corrected chi connectivity index (χ1v) is 10.7. The third-order valence-electron chi connectivity index (χ3n) is 5.55. The van der Waals surface area contributed by atoms with E-state index in [9.17, 15) is 18.0 Å². The Bertz CT molecular complexity index is 1040. The van der Waals surface area contributed by atoms with E-state index in [-0.39, 0.29) is 43.0 Å². The maximum atomic E-state index is 12.5. The van der Waals surface area contributed by atoms with Crippen molar-refractivity contribution in [1.29, 1.82) is 0 Å². The fraction of sp³-hybridized carbons (Fsp3) is 0.476. The van der Waals surface area contributed by atoms with Crippen LogP contribution >= 0.6 is 11.6 Å². The molecule has 178 valence electrons. The van der Waals surface area contributed by atoms with Gasteiger partial charge in [0, 0.05) is 30.1 Å². The number of fused-ring (bicyclic) bond motifs is 1. The van der Waals surface area contributed by atoms with E-state index in [1.54, 1.807) is 18.2 Å². The average molecular weight is 487 g/mol. The maximum absolute atomic E-state index is 12.5. The lowest BCUT2D eigenvalue weighted by Gasteiger charge is -2.33. The first-order valence-electron chi connectivity index (χ1n) is 10.3. The predicted octanol–water partition coefficient (Wildman–Crippen LogP) is 3.92. The van der Waals surface area contributed by atoms with Crippen LogP contribution in [0.3, 0.4) is 0 Å². The van der Waals surface area contributed by atoms with Gasteiger partial charge in [0.25, 0.3) is 5.91 Å². The molecule has 33 heavy (non-hydrogen) atoms. The molecule has 1 atom stereocenters. The minimum Gasteiger partial charge on any atom is -0.477 e. The highest BCUT2D eigenvalue weighted by atomic mass is 35.5. The summed E-state index contributed by atoms with van der Waals surface area (Å²) in [6.07, 6.45) is -5.55. The van der Waals surface area contributed by atoms with Gasteiger partial charge >= 0.3 is 6.36 Å². The van der Waals surface area contributed by atoms with Crippen molar-refractivity contribution >= 4 is 28.8 Å². The van der Waals surface area contributed by atoms with Gasteiger partial charge in [-0.1, -0.05) is 18.2 Å². The number of nitrogens with one attached hydrogen (secondary N) is 1. The van der Waals surface area contributed by atoms with Gasteiger partial charge in [-0.15, -0.1) is 23.4 Å². The molecule has 0 spiro atoms. The van der Waals surface area contributed by atoms with Crippen molar-refractivity contribution in [2.24, 2.45) is 0 Å². The highest BCUT2D eigenvalue weighted by molar-refractivity contribution is 6.31. The summed E-state index contributed by atoms with van der Waals surface area (Å²) in [6, 6.07) is 5.20. The van der Waals surface area contributed by atoms with Crippen molar-refractivity contribution < 1.29 is 31.9 Å². The zero-order valence-electron chi connectivity index (χ0n) is 17.7. The standard InChI is InChI=1S/C21H22ClF3N4O4/c1-11(19-27-28-20(32-19)12-7-14(8-12)33-21(23,24)25)5-6-26-18(30)17-10-29(2)15-9-13(22)3-4-16(15)31-17/h3-4,9,12,14,17H,1,5-8,10H2,2H3,(H,26,30)/t12-,14+,17?. The molecule has 1 N–H and O–H groups in total. The number of carbonyl (C=O) groups excluding carboxylic acids is 1. The molecule has 2 heterocycles. The molecule has 1 aromatic carbocycles. The van der Waals surface area contributed by atoms with Gasteiger partial charge in [-0.2, -0.15) is 0 Å². The van der Waals surface area contributed by atoms with Crippen LogP contribution in [0.15, 0.2) is 29.2 Å². The predicted molar refractivity (Wildman–Crippen MR) is 113 cm³/mol. The Kier molecular flexibility index (Phi) is 6.53. The molecule has 1 aliphatic heterocycles. The summed E-state index contributed by atoms with van der Waals surface area (Å²) < 4.78 is 52.0. The molecule has 0 radical (unpaired) electrons. The van der Waals surface area contributed by atoms with E-state index in [4.69, 9.17) is 20.8 Å². The second-order valence-corrected chi connectivity index (χ2v) is 8.48. The molecule has 0 saturated heterocycles. The second-order valence-electron chi connectivity index (χ2n) is 8.04. The lowest BCUT2D eigenvalue weighted by atomic mass is 9.82. The van der Waals surface area contributed by atoms with E-state index in [0.717, 1.165) is 5.69 Å². The van der Waals surface area contributed by atoms with Crippen LogP contribution in [0.2, 0.25) is 5.02 Å². The van der Waals surface area contributed by atoms with E-state index in [0.29, 0.717) is 29.3 Å². The average Bonchev–Trinajstić information content (AvgIpc) is 3.19. The van der Waals surface area contributed by atoms with Crippen molar-refractivity contribution in [2.45, 2.75) is 43.8 Å². The number of carbonyl (C=O) groups is 1. The first kappa shape index (κ1) is 23.4. The quantitative estimate of drug-likeness (QED) is 0.634. The van der Waals surface area contributed by atoms with Gasteiger partial charge in [-0.3, -0.25) is 9.53 Å². The molecule has 1 saturated carbocycles. The molecule has 2 aliphatic rings. The number of rotatable bonds is 7. The molecule has 4 rings (SSSR count). The van der Waals surface area contributed by atoms with Gasteiger partial charge in [0.1, 0.15) is 5.75 Å². The highest BCUT2D eigenvalue weighted by Gasteiger charge is 2.42. The second kappa shape index (κ2) is 9.22. The Hall–Kier alpha value is -2.79. The van der Waals surface area contributed by atoms with Gasteiger partial charge in [0.15, 0.2) is 6.10 Å². The van der Waals surface area contributed by atoms with Crippen LogP contribution in [0.25, 0.3) is 5.57 Å². The zero-order chi connectivity index (χ0) is 23.8. The van der Waals surface area contributed by atoms with Crippen molar-refractivity contribution in [3.63, 3.8) is 0 Å². The SMILES string of the molecule is C=C(CCNC(=O)C1CN(C)c2cc(Cl)ccc2O1)c1nnc([C@H]2C[C@@H](OC(F)(F)F)C2)o1. The summed E-state index contributed by atoms with van der Waals surface area (Å²) in [4.78, 5) is 14.4. The first-order chi connectivity index (χ1) is 15.6. The number of amides is 1. The van der Waals surface area contributed by atoms with Crippen LogP contribution < -0.4 is 15.0 Å². The van der Waals surface area contributed by atoms with E-state index in [2.05, 4.69) is 26.8 Å². The number of halogens is 4. The third kappa shape index (κ3) is 5.59. The molecule has 1 aromatic heterocycles. The number of hydrogen-bond acceptors (Lipinski definition) is 7. The van der Waals surface area contributed by atoms with Gasteiger partial charge < -0.3 is 19.4 Å². The third-order valence-corrected chi connectivity index (χ3v) is 5.78. The van der Waals surface area contributed by atoms with Gasteiger partial charge in [-0.25, -0.2) is 0 Å². The fourth-order valence-corrected chi connectivity index (χ4v) is 3.88. The Morgan fingerprint density at radius 1 is 1.36 bits per heavy atom. The summed E-state index contributed by atoms with van der Waals surface area (Å²) in [6.45, 7) is 4.54. The minimum atomic E-state index is -4.65. The van der Waals surface area contributed by atoms with Crippen molar-refractivity contribution in [2.75, 3.05) is 25.0 Å². The number of ether oxygens (including phenoxy) is 2. The van der Waals surface area contributed by atoms with Gasteiger partial charge in [0.05, 0.1) is 18.3 Å². The zero-order valence-corrected chi connectivity index (χ0v) is 18.4. The molecule has 12 heteroatoms. The molecule has 0 bridgehead atoms. The highest BCUT2D eigenvalue weighted by Crippen LogP contribution is 2.41. The number of hydrogen-bond donors (Lipinski definition) is 1. The molecule has 8 nitrogen and oxygen atoms in total. The molecular weight excluding hydrogens is 465 g/mol. The summed E-state index contributed by atoms with van der Waals surface area (Å²) in [5, 5.41) is 11.2. The Balaban J connectivity index is 1.22. The molecule has 1 unspecified atom stereocenters. The maximum Gasteiger partial charge on any atom is 0.522 e. The number of benzene rings is 1. The molecule has 2 aromatic rings. The van der Waals surface area contributed by atoms with Gasteiger partial charge in [0.2, 0.25) is 11.8 Å². The Labute approximate surface area is 192 Å². The van der Waals surface area contributed by atoms with E-state index < -0.39 is 18.6 Å². The summed E-state index contributed by atoms with van der Waals surface area (Å²) in [5.74, 6) is 0.486. The molecule has 1 aliphatic carbocycles. The lowest BCUT2D eigenvalue weighted by molar-refractivity contribution is -0.352.